The zero-order chi connectivity index (χ0) is 10.3. The lowest BCUT2D eigenvalue weighted by atomic mass is 9.62. The summed E-state index contributed by atoms with van der Waals surface area (Å²) in [6.07, 6.45) is 3.79. The van der Waals surface area contributed by atoms with Crippen molar-refractivity contribution in [1.29, 1.82) is 0 Å². The van der Waals surface area contributed by atoms with Crippen LogP contribution < -0.4 is 5.73 Å². The van der Waals surface area contributed by atoms with Crippen molar-refractivity contribution < 1.29 is 0 Å². The van der Waals surface area contributed by atoms with Crippen LogP contribution in [0.2, 0.25) is 0 Å². The Morgan fingerprint density at radius 1 is 1.23 bits per heavy atom. The van der Waals surface area contributed by atoms with E-state index in [0.717, 1.165) is 0 Å². The molecule has 0 heterocycles. The molecule has 0 saturated heterocycles. The van der Waals surface area contributed by atoms with Gasteiger partial charge in [0.1, 0.15) is 0 Å². The molecular formula is C12H25N. The number of hydrogen-bond acceptors (Lipinski definition) is 1. The molecule has 1 heteroatoms. The van der Waals surface area contributed by atoms with Crippen LogP contribution in [-0.2, 0) is 0 Å². The van der Waals surface area contributed by atoms with Crippen LogP contribution in [0.15, 0.2) is 0 Å². The fraction of sp³-hybridized carbons (Fsp3) is 1.00. The van der Waals surface area contributed by atoms with Crippen LogP contribution in [0.1, 0.15) is 53.9 Å². The van der Waals surface area contributed by atoms with E-state index >= 15 is 0 Å². The lowest BCUT2D eigenvalue weighted by Crippen LogP contribution is -2.45. The van der Waals surface area contributed by atoms with Crippen molar-refractivity contribution >= 4 is 0 Å². The normalized spacial score (nSPS) is 34.6. The predicted molar refractivity (Wildman–Crippen MR) is 58.6 cm³/mol. The van der Waals surface area contributed by atoms with Crippen molar-refractivity contribution in [2.24, 2.45) is 22.5 Å². The molecule has 2 atom stereocenters. The molecule has 1 nitrogen and oxygen atoms in total. The lowest BCUT2D eigenvalue weighted by Gasteiger charge is -2.45. The third-order valence-electron chi connectivity index (χ3n) is 3.56. The van der Waals surface area contributed by atoms with E-state index in [1.807, 2.05) is 0 Å². The molecule has 1 rings (SSSR count). The van der Waals surface area contributed by atoms with Gasteiger partial charge in [-0.15, -0.1) is 0 Å². The van der Waals surface area contributed by atoms with E-state index in [9.17, 15) is 0 Å². The molecule has 1 aliphatic rings. The minimum atomic E-state index is 0.372. The van der Waals surface area contributed by atoms with E-state index in [4.69, 9.17) is 5.73 Å². The van der Waals surface area contributed by atoms with Gasteiger partial charge in [0.15, 0.2) is 0 Å². The third-order valence-corrected chi connectivity index (χ3v) is 3.56. The van der Waals surface area contributed by atoms with Gasteiger partial charge in [-0.05, 0) is 36.0 Å². The zero-order valence-corrected chi connectivity index (χ0v) is 9.85. The highest BCUT2D eigenvalue weighted by molar-refractivity contribution is 4.92. The van der Waals surface area contributed by atoms with E-state index in [1.165, 1.54) is 19.3 Å². The molecule has 0 aromatic rings. The van der Waals surface area contributed by atoms with Crippen LogP contribution in [0.3, 0.4) is 0 Å². The average molecular weight is 183 g/mol. The van der Waals surface area contributed by atoms with Crippen LogP contribution >= 0.6 is 0 Å². The molecule has 2 N–H and O–H groups in total. The first kappa shape index (κ1) is 11.0. The maximum absolute atomic E-state index is 6.19. The maximum atomic E-state index is 6.19. The fourth-order valence-electron chi connectivity index (χ4n) is 2.56. The van der Waals surface area contributed by atoms with Crippen molar-refractivity contribution in [3.8, 4) is 0 Å². The standard InChI is InChI=1S/C12H25N/c1-11(2,3)9-8-12(4,5)7-6-10(9)13/h9-10H,6-8,13H2,1-5H3. The van der Waals surface area contributed by atoms with Crippen LogP contribution in [0.4, 0.5) is 0 Å². The largest absolute Gasteiger partial charge is 0.327 e. The Kier molecular flexibility index (Phi) is 2.78. The Morgan fingerprint density at radius 3 is 2.15 bits per heavy atom. The summed E-state index contributed by atoms with van der Waals surface area (Å²) in [6.45, 7) is 11.7. The first-order valence-corrected chi connectivity index (χ1v) is 5.48. The van der Waals surface area contributed by atoms with Gasteiger partial charge in [-0.1, -0.05) is 34.6 Å². The summed E-state index contributed by atoms with van der Waals surface area (Å²) in [5, 5.41) is 0. The first-order valence-electron chi connectivity index (χ1n) is 5.48. The summed E-state index contributed by atoms with van der Waals surface area (Å²) in [4.78, 5) is 0. The second kappa shape index (κ2) is 3.27. The monoisotopic (exact) mass is 183 g/mol. The number of rotatable bonds is 0. The van der Waals surface area contributed by atoms with Crippen molar-refractivity contribution in [2.75, 3.05) is 0 Å². The molecule has 0 aromatic carbocycles. The molecule has 78 valence electrons. The van der Waals surface area contributed by atoms with Gasteiger partial charge < -0.3 is 5.73 Å². The third kappa shape index (κ3) is 2.70. The molecule has 13 heavy (non-hydrogen) atoms. The summed E-state index contributed by atoms with van der Waals surface area (Å²) < 4.78 is 0. The smallest absolute Gasteiger partial charge is 0.00725 e. The molecule has 0 aliphatic heterocycles. The van der Waals surface area contributed by atoms with E-state index in [0.29, 0.717) is 22.8 Å². The van der Waals surface area contributed by atoms with Crippen LogP contribution in [0, 0.1) is 16.7 Å². The van der Waals surface area contributed by atoms with Crippen molar-refractivity contribution in [3.05, 3.63) is 0 Å². The fourth-order valence-corrected chi connectivity index (χ4v) is 2.56. The highest BCUT2D eigenvalue weighted by Gasteiger charge is 2.38. The molecule has 2 unspecified atom stereocenters. The van der Waals surface area contributed by atoms with E-state index < -0.39 is 0 Å². The van der Waals surface area contributed by atoms with Crippen LogP contribution in [0.25, 0.3) is 0 Å². The van der Waals surface area contributed by atoms with E-state index in [-0.39, 0.29) is 0 Å². The summed E-state index contributed by atoms with van der Waals surface area (Å²) in [5.41, 5.74) is 7.07. The zero-order valence-electron chi connectivity index (χ0n) is 9.85. The van der Waals surface area contributed by atoms with Crippen LogP contribution in [0.5, 0.6) is 0 Å². The second-order valence-corrected chi connectivity index (χ2v) is 6.54. The van der Waals surface area contributed by atoms with Gasteiger partial charge in [0.25, 0.3) is 0 Å². The second-order valence-electron chi connectivity index (χ2n) is 6.54. The van der Waals surface area contributed by atoms with Gasteiger partial charge in [-0.25, -0.2) is 0 Å². The quantitative estimate of drug-likeness (QED) is 0.613. The Balaban J connectivity index is 2.72. The van der Waals surface area contributed by atoms with Crippen molar-refractivity contribution in [2.45, 2.75) is 59.9 Å². The Labute approximate surface area is 83.1 Å². The minimum absolute atomic E-state index is 0.372. The lowest BCUT2D eigenvalue weighted by molar-refractivity contribution is 0.0760. The predicted octanol–water partition coefficient (Wildman–Crippen LogP) is 3.19. The van der Waals surface area contributed by atoms with Gasteiger partial charge >= 0.3 is 0 Å². The molecule has 1 saturated carbocycles. The molecule has 1 fully saturated rings. The molecule has 0 radical (unpaired) electrons. The molecule has 0 aromatic heterocycles. The topological polar surface area (TPSA) is 26.0 Å². The minimum Gasteiger partial charge on any atom is -0.327 e. The van der Waals surface area contributed by atoms with Gasteiger partial charge in [0.05, 0.1) is 0 Å². The van der Waals surface area contributed by atoms with E-state index in [2.05, 4.69) is 34.6 Å². The average Bonchev–Trinajstić information content (AvgIpc) is 1.92. The van der Waals surface area contributed by atoms with Gasteiger partial charge in [0, 0.05) is 6.04 Å². The molecule has 0 amide bonds. The van der Waals surface area contributed by atoms with Crippen LogP contribution in [-0.4, -0.2) is 6.04 Å². The SMILES string of the molecule is CC1(C)CCC(N)C(C(C)(C)C)C1. The number of hydrogen-bond donors (Lipinski definition) is 1. The first-order chi connectivity index (χ1) is 5.72. The van der Waals surface area contributed by atoms with Gasteiger partial charge in [-0.3, -0.25) is 0 Å². The van der Waals surface area contributed by atoms with Gasteiger partial charge in [0.2, 0.25) is 0 Å². The van der Waals surface area contributed by atoms with Gasteiger partial charge in [-0.2, -0.15) is 0 Å². The summed E-state index contributed by atoms with van der Waals surface area (Å²) in [5.74, 6) is 0.691. The molecular weight excluding hydrogens is 158 g/mol. The summed E-state index contributed by atoms with van der Waals surface area (Å²) in [7, 11) is 0. The Morgan fingerprint density at radius 2 is 1.77 bits per heavy atom. The maximum Gasteiger partial charge on any atom is 0.00725 e. The Hall–Kier alpha value is -0.0400. The van der Waals surface area contributed by atoms with Crippen molar-refractivity contribution in [1.82, 2.24) is 0 Å². The van der Waals surface area contributed by atoms with E-state index in [1.54, 1.807) is 0 Å². The molecule has 1 aliphatic carbocycles. The highest BCUT2D eigenvalue weighted by atomic mass is 14.7. The summed E-state index contributed by atoms with van der Waals surface area (Å²) in [6, 6.07) is 0.424. The van der Waals surface area contributed by atoms with Crippen molar-refractivity contribution in [3.63, 3.8) is 0 Å². The molecule has 0 bridgehead atoms. The summed E-state index contributed by atoms with van der Waals surface area (Å²) >= 11 is 0. The number of nitrogens with two attached hydrogens (primary N) is 1. The highest BCUT2D eigenvalue weighted by Crippen LogP contribution is 2.45. The molecule has 0 spiro atoms. The Bertz CT molecular complexity index is 176.